The molecule has 13 heteroatoms. The van der Waals surface area contributed by atoms with Crippen LogP contribution < -0.4 is 25.6 Å². The molecule has 0 aliphatic rings. The molecule has 10 nitrogen and oxygen atoms in total. The number of hydrogen-bond acceptors (Lipinski definition) is 6. The molecule has 0 aliphatic heterocycles. The van der Waals surface area contributed by atoms with Crippen LogP contribution in [0.1, 0.15) is 18.2 Å². The maximum absolute atomic E-state index is 12.9. The fourth-order valence-electron chi connectivity index (χ4n) is 4.01. The van der Waals surface area contributed by atoms with Crippen LogP contribution in [0.5, 0.6) is 5.75 Å². The van der Waals surface area contributed by atoms with Crippen LogP contribution in [0, 0.1) is 6.92 Å². The Hall–Kier alpha value is -4.25. The number of para-hydroxylation sites is 1. The van der Waals surface area contributed by atoms with Gasteiger partial charge in [0.05, 0.1) is 35.1 Å². The number of aryl methyl sites for hydroxylation is 1. The lowest BCUT2D eigenvalue weighted by Crippen LogP contribution is -2.40. The predicted octanol–water partition coefficient (Wildman–Crippen LogP) is 7.20. The fraction of sp³-hybridized carbons (Fsp3) is 0.200. The Balaban J connectivity index is 0.00000506. The zero-order valence-corrected chi connectivity index (χ0v) is 25.9. The number of nitrogens with zero attached hydrogens (tertiary/aromatic N) is 2. The zero-order valence-electron chi connectivity index (χ0n) is 23.6. The first kappa shape index (κ1) is 33.3. The van der Waals surface area contributed by atoms with Crippen molar-refractivity contribution in [2.24, 2.45) is 0 Å². The number of aromatic nitrogens is 1. The Bertz CT molecular complexity index is 1640. The van der Waals surface area contributed by atoms with Crippen molar-refractivity contribution in [2.75, 3.05) is 35.7 Å². The van der Waals surface area contributed by atoms with Gasteiger partial charge < -0.3 is 25.0 Å². The summed E-state index contributed by atoms with van der Waals surface area (Å²) in [5, 5.41) is 9.26. The summed E-state index contributed by atoms with van der Waals surface area (Å²) in [4.78, 5) is 42.9. The van der Waals surface area contributed by atoms with Gasteiger partial charge in [-0.3, -0.25) is 10.1 Å². The summed E-state index contributed by atoms with van der Waals surface area (Å²) in [5.74, 6) is 0.168. The number of fused-ring (bicyclic) bond motifs is 1. The van der Waals surface area contributed by atoms with Gasteiger partial charge in [-0.1, -0.05) is 47.5 Å². The molecule has 3 aromatic carbocycles. The molecule has 0 atom stereocenters. The standard InChI is InChI=1S/C30H29Cl2N5O5.ClH/c1-4-41-30(40)36-21-10-7-9-20(15-21)35-29(39)33-16-27(38)37(3)25-13-12-23(31)22(28(25)32)17-42-26-14-19-8-5-6-11-24(19)34-18(26)2;/h5-15H,4,16-17H2,1-3H3,(H,36,40)(H2,33,35,39);1H. The highest BCUT2D eigenvalue weighted by Gasteiger charge is 2.20. The number of carbonyl (C=O) groups excluding carboxylic acids is 3. The summed E-state index contributed by atoms with van der Waals surface area (Å²) < 4.78 is 10.9. The number of amides is 4. The molecule has 0 unspecified atom stereocenters. The van der Waals surface area contributed by atoms with Crippen molar-refractivity contribution < 1.29 is 23.9 Å². The summed E-state index contributed by atoms with van der Waals surface area (Å²) in [6, 6.07) is 18.8. The van der Waals surface area contributed by atoms with E-state index < -0.39 is 18.0 Å². The van der Waals surface area contributed by atoms with Crippen LogP contribution in [0.4, 0.5) is 26.7 Å². The van der Waals surface area contributed by atoms with Crippen molar-refractivity contribution in [3.63, 3.8) is 0 Å². The number of urea groups is 1. The van der Waals surface area contributed by atoms with E-state index in [1.165, 1.54) is 4.90 Å². The number of likely N-dealkylation sites (N-methyl/N-ethyl adjacent to an activating group) is 1. The number of anilines is 3. The van der Waals surface area contributed by atoms with E-state index in [1.807, 2.05) is 37.3 Å². The van der Waals surface area contributed by atoms with Crippen LogP contribution >= 0.6 is 35.6 Å². The van der Waals surface area contributed by atoms with E-state index >= 15 is 0 Å². The molecule has 4 amide bonds. The monoisotopic (exact) mass is 645 g/mol. The topological polar surface area (TPSA) is 122 Å². The van der Waals surface area contributed by atoms with Gasteiger partial charge in [0, 0.05) is 34.4 Å². The molecule has 1 aromatic heterocycles. The summed E-state index contributed by atoms with van der Waals surface area (Å²) in [7, 11) is 1.55. The van der Waals surface area contributed by atoms with Gasteiger partial charge in [-0.15, -0.1) is 12.4 Å². The first-order valence-corrected chi connectivity index (χ1v) is 13.7. The number of hydrogen-bond donors (Lipinski definition) is 3. The normalized spacial score (nSPS) is 10.3. The number of ether oxygens (including phenoxy) is 2. The number of benzene rings is 3. The average Bonchev–Trinajstić information content (AvgIpc) is 2.96. The smallest absolute Gasteiger partial charge is 0.411 e. The van der Waals surface area contributed by atoms with Gasteiger partial charge in [-0.2, -0.15) is 0 Å². The first-order chi connectivity index (χ1) is 20.2. The lowest BCUT2D eigenvalue weighted by Gasteiger charge is -2.21. The minimum Gasteiger partial charge on any atom is -0.487 e. The molecule has 0 radical (unpaired) electrons. The fourth-order valence-corrected chi connectivity index (χ4v) is 4.62. The SMILES string of the molecule is CCOC(=O)Nc1cccc(NC(=O)NCC(=O)N(C)c2ccc(Cl)c(COc3cc4ccccc4nc3C)c2Cl)c1.Cl. The van der Waals surface area contributed by atoms with E-state index in [9.17, 15) is 14.4 Å². The van der Waals surface area contributed by atoms with Gasteiger partial charge >= 0.3 is 12.1 Å². The third kappa shape index (κ3) is 8.63. The van der Waals surface area contributed by atoms with Crippen LogP contribution in [-0.2, 0) is 16.1 Å². The minimum atomic E-state index is -0.610. The van der Waals surface area contributed by atoms with Crippen molar-refractivity contribution in [3.8, 4) is 5.75 Å². The second kappa shape index (κ2) is 15.3. The van der Waals surface area contributed by atoms with Gasteiger partial charge in [0.15, 0.2) is 0 Å². The third-order valence-electron chi connectivity index (χ3n) is 6.18. The molecule has 0 aliphatic carbocycles. The second-order valence-electron chi connectivity index (χ2n) is 9.10. The van der Waals surface area contributed by atoms with Crippen LogP contribution in [0.2, 0.25) is 10.0 Å². The number of carbonyl (C=O) groups is 3. The zero-order chi connectivity index (χ0) is 30.2. The summed E-state index contributed by atoms with van der Waals surface area (Å²) >= 11 is 13.1. The number of halogens is 3. The predicted molar refractivity (Wildman–Crippen MR) is 172 cm³/mol. The molecule has 0 saturated carbocycles. The third-order valence-corrected chi connectivity index (χ3v) is 6.96. The molecule has 0 spiro atoms. The van der Waals surface area contributed by atoms with Crippen molar-refractivity contribution in [1.82, 2.24) is 10.3 Å². The van der Waals surface area contributed by atoms with E-state index in [2.05, 4.69) is 20.9 Å². The Morgan fingerprint density at radius 1 is 0.953 bits per heavy atom. The molecule has 4 rings (SSSR count). The molecule has 0 fully saturated rings. The van der Waals surface area contributed by atoms with Gasteiger partial charge in [-0.05, 0) is 56.3 Å². The molecule has 226 valence electrons. The van der Waals surface area contributed by atoms with Crippen molar-refractivity contribution in [2.45, 2.75) is 20.5 Å². The number of pyridine rings is 1. The largest absolute Gasteiger partial charge is 0.487 e. The molecular weight excluding hydrogens is 617 g/mol. The average molecular weight is 647 g/mol. The maximum atomic E-state index is 12.9. The van der Waals surface area contributed by atoms with Crippen LogP contribution in [0.15, 0.2) is 66.7 Å². The Kier molecular flexibility index (Phi) is 11.8. The maximum Gasteiger partial charge on any atom is 0.411 e. The van der Waals surface area contributed by atoms with E-state index in [4.69, 9.17) is 32.7 Å². The molecule has 3 N–H and O–H groups in total. The highest BCUT2D eigenvalue weighted by molar-refractivity contribution is 6.38. The summed E-state index contributed by atoms with van der Waals surface area (Å²) in [5.41, 5.74) is 3.33. The number of nitrogens with one attached hydrogen (secondary N) is 3. The Morgan fingerprint density at radius 3 is 2.42 bits per heavy atom. The first-order valence-electron chi connectivity index (χ1n) is 13.0. The lowest BCUT2D eigenvalue weighted by molar-refractivity contribution is -0.117. The quantitative estimate of drug-likeness (QED) is 0.177. The lowest BCUT2D eigenvalue weighted by atomic mass is 10.1. The Labute approximate surface area is 265 Å². The van der Waals surface area contributed by atoms with Crippen molar-refractivity contribution in [3.05, 3.63) is 88.0 Å². The molecule has 1 heterocycles. The van der Waals surface area contributed by atoms with Crippen molar-refractivity contribution >= 4 is 81.6 Å². The molecule has 43 heavy (non-hydrogen) atoms. The van der Waals surface area contributed by atoms with Crippen LogP contribution in [0.25, 0.3) is 10.9 Å². The van der Waals surface area contributed by atoms with Gasteiger partial charge in [-0.25, -0.2) is 14.6 Å². The van der Waals surface area contributed by atoms with E-state index in [-0.39, 0.29) is 37.2 Å². The second-order valence-corrected chi connectivity index (χ2v) is 9.88. The molecule has 0 saturated heterocycles. The summed E-state index contributed by atoms with van der Waals surface area (Å²) in [6.07, 6.45) is -0.607. The van der Waals surface area contributed by atoms with Gasteiger partial charge in [0.2, 0.25) is 5.91 Å². The molecule has 0 bridgehead atoms. The number of rotatable bonds is 9. The highest BCUT2D eigenvalue weighted by Crippen LogP contribution is 2.35. The van der Waals surface area contributed by atoms with Gasteiger partial charge in [0.1, 0.15) is 12.4 Å². The molecular formula is C30H30Cl3N5O5. The molecule has 4 aromatic rings. The Morgan fingerprint density at radius 2 is 1.67 bits per heavy atom. The minimum absolute atomic E-state index is 0. The van der Waals surface area contributed by atoms with Crippen LogP contribution in [-0.4, -0.2) is 43.2 Å². The van der Waals surface area contributed by atoms with E-state index in [1.54, 1.807) is 50.4 Å². The summed E-state index contributed by atoms with van der Waals surface area (Å²) in [6.45, 7) is 3.53. The highest BCUT2D eigenvalue weighted by atomic mass is 35.5. The van der Waals surface area contributed by atoms with E-state index in [0.29, 0.717) is 33.4 Å². The van der Waals surface area contributed by atoms with Crippen molar-refractivity contribution in [1.29, 1.82) is 0 Å². The van der Waals surface area contributed by atoms with Gasteiger partial charge in [0.25, 0.3) is 0 Å². The van der Waals surface area contributed by atoms with Crippen LogP contribution in [0.3, 0.4) is 0 Å². The van der Waals surface area contributed by atoms with E-state index in [0.717, 1.165) is 16.6 Å².